The highest BCUT2D eigenvalue weighted by Crippen LogP contribution is 2.28. The SMILES string of the molecule is NC1=NC2C(N=CN2OCOCP(=O)([O-])O)C(=O)N1.[NH4+]. The lowest BCUT2D eigenvalue weighted by atomic mass is 10.2. The highest BCUT2D eigenvalue weighted by Gasteiger charge is 2.40. The molecule has 12 nitrogen and oxygen atoms in total. The Morgan fingerprint density at radius 1 is 1.65 bits per heavy atom. The van der Waals surface area contributed by atoms with Crippen LogP contribution in [0.5, 0.6) is 0 Å². The average molecular weight is 310 g/mol. The van der Waals surface area contributed by atoms with E-state index in [4.69, 9.17) is 15.5 Å². The molecule has 0 aromatic rings. The Morgan fingerprint density at radius 3 is 3.00 bits per heavy atom. The first-order chi connectivity index (χ1) is 8.87. The van der Waals surface area contributed by atoms with E-state index in [1.807, 2.05) is 0 Å². The number of rotatable bonds is 5. The lowest BCUT2D eigenvalue weighted by molar-refractivity contribution is -0.216. The number of carbonyl (C=O) groups is 1. The maximum absolute atomic E-state index is 11.5. The summed E-state index contributed by atoms with van der Waals surface area (Å²) in [7, 11) is -4.49. The Balaban J connectivity index is 0.00000200. The highest BCUT2D eigenvalue weighted by atomic mass is 31.2. The van der Waals surface area contributed by atoms with Crippen LogP contribution in [-0.4, -0.2) is 53.5 Å². The molecule has 2 rings (SSSR count). The highest BCUT2D eigenvalue weighted by molar-refractivity contribution is 7.50. The average Bonchev–Trinajstić information content (AvgIpc) is 2.66. The number of amides is 1. The maximum Gasteiger partial charge on any atom is 0.255 e. The zero-order chi connectivity index (χ0) is 14.0. The summed E-state index contributed by atoms with van der Waals surface area (Å²) in [6.07, 6.45) is -0.417. The van der Waals surface area contributed by atoms with Gasteiger partial charge in [0.1, 0.15) is 12.7 Å². The number of nitrogens with one attached hydrogen (secondary N) is 1. The molecule has 0 aromatic carbocycles. The van der Waals surface area contributed by atoms with Gasteiger partial charge in [0.15, 0.2) is 32.6 Å². The van der Waals surface area contributed by atoms with Gasteiger partial charge in [-0.2, -0.15) is 0 Å². The molecule has 1 amide bonds. The zero-order valence-electron chi connectivity index (χ0n) is 10.5. The Morgan fingerprint density at radius 2 is 2.35 bits per heavy atom. The molecule has 2 heterocycles. The molecule has 0 bridgehead atoms. The second-order valence-corrected chi connectivity index (χ2v) is 5.24. The van der Waals surface area contributed by atoms with Crippen LogP contribution in [0.1, 0.15) is 0 Å². The molecule has 8 N–H and O–H groups in total. The van der Waals surface area contributed by atoms with Crippen molar-refractivity contribution in [2.24, 2.45) is 15.7 Å². The minimum Gasteiger partial charge on any atom is -0.777 e. The van der Waals surface area contributed by atoms with E-state index in [1.54, 1.807) is 0 Å². The first-order valence-electron chi connectivity index (χ1n) is 5.06. The van der Waals surface area contributed by atoms with Crippen LogP contribution in [0.3, 0.4) is 0 Å². The van der Waals surface area contributed by atoms with Crippen molar-refractivity contribution < 1.29 is 28.7 Å². The van der Waals surface area contributed by atoms with Gasteiger partial charge in [0, 0.05) is 0 Å². The zero-order valence-corrected chi connectivity index (χ0v) is 11.4. The summed E-state index contributed by atoms with van der Waals surface area (Å²) >= 11 is 0. The van der Waals surface area contributed by atoms with Gasteiger partial charge in [0.05, 0.1) is 0 Å². The third-order valence-corrected chi connectivity index (χ3v) is 2.72. The number of nitrogens with two attached hydrogens (primary N) is 1. The van der Waals surface area contributed by atoms with Gasteiger partial charge in [0.2, 0.25) is 0 Å². The van der Waals surface area contributed by atoms with E-state index in [0.717, 1.165) is 5.06 Å². The monoisotopic (exact) mass is 310 g/mol. The minimum atomic E-state index is -4.49. The molecule has 0 aromatic heterocycles. The molecule has 0 spiro atoms. The van der Waals surface area contributed by atoms with Crippen LogP contribution in [-0.2, 0) is 18.9 Å². The lowest BCUT2D eigenvalue weighted by Crippen LogP contribution is -2.53. The molecule has 0 saturated carbocycles. The second kappa shape index (κ2) is 6.26. The summed E-state index contributed by atoms with van der Waals surface area (Å²) in [5, 5.41) is 3.42. The van der Waals surface area contributed by atoms with Crippen molar-refractivity contribution >= 4 is 25.8 Å². The topological polar surface area (TPSA) is 198 Å². The quantitative estimate of drug-likeness (QED) is 0.238. The van der Waals surface area contributed by atoms with Gasteiger partial charge in [-0.1, -0.05) is 0 Å². The molecule has 2 aliphatic heterocycles. The molecule has 0 fully saturated rings. The van der Waals surface area contributed by atoms with Crippen LogP contribution in [0.2, 0.25) is 0 Å². The van der Waals surface area contributed by atoms with Crippen LogP contribution in [0.15, 0.2) is 9.98 Å². The van der Waals surface area contributed by atoms with E-state index in [2.05, 4.69) is 20.0 Å². The van der Waals surface area contributed by atoms with Gasteiger partial charge < -0.3 is 31.0 Å². The number of nitrogens with zero attached hydrogens (tertiary/aromatic N) is 3. The number of ether oxygens (including phenoxy) is 1. The van der Waals surface area contributed by atoms with Crippen LogP contribution in [0.4, 0.5) is 0 Å². The normalized spacial score (nSPS) is 27.2. The first kappa shape index (κ1) is 16.5. The summed E-state index contributed by atoms with van der Waals surface area (Å²) in [4.78, 5) is 43.1. The molecular formula is C7H15N6O6P. The predicted octanol–water partition coefficient (Wildman–Crippen LogP) is -2.75. The number of quaternary nitrogens is 1. The Hall–Kier alpha value is -1.56. The van der Waals surface area contributed by atoms with Gasteiger partial charge in [-0.15, -0.1) is 0 Å². The predicted molar refractivity (Wildman–Crippen MR) is 65.4 cm³/mol. The van der Waals surface area contributed by atoms with E-state index in [1.165, 1.54) is 6.34 Å². The molecule has 0 saturated heterocycles. The standard InChI is InChI=1S/C7H12N5O6P.H3N/c8-7-10-5-4(6(13)11-7)9-1-12(5)18-2-17-3-19(14,15)16;/h1,4-5H,2-3H2,(H2,14,15,16)(H3,8,10,11,13);1H3. The van der Waals surface area contributed by atoms with Gasteiger partial charge in [0.25, 0.3) is 5.91 Å². The molecule has 0 aliphatic carbocycles. The molecule has 3 atom stereocenters. The maximum atomic E-state index is 11.5. The Bertz CT molecular complexity index is 476. The molecule has 13 heteroatoms. The van der Waals surface area contributed by atoms with Crippen molar-refractivity contribution in [2.45, 2.75) is 12.2 Å². The second-order valence-electron chi connectivity index (χ2n) is 3.70. The number of fused-ring (bicyclic) bond motifs is 1. The smallest absolute Gasteiger partial charge is 0.255 e. The molecule has 2 aliphatic rings. The third kappa shape index (κ3) is 3.96. The van der Waals surface area contributed by atoms with E-state index in [9.17, 15) is 14.3 Å². The van der Waals surface area contributed by atoms with Crippen molar-refractivity contribution in [3.8, 4) is 0 Å². The fourth-order valence-electron chi connectivity index (χ4n) is 1.49. The number of hydrogen-bond donors (Lipinski definition) is 4. The summed E-state index contributed by atoms with van der Waals surface area (Å²) in [6.45, 7) is -0.459. The van der Waals surface area contributed by atoms with Crippen molar-refractivity contribution in [1.82, 2.24) is 16.5 Å². The minimum absolute atomic E-state index is 0. The molecule has 3 unspecified atom stereocenters. The summed E-state index contributed by atoms with van der Waals surface area (Å²) in [5.41, 5.74) is 5.39. The van der Waals surface area contributed by atoms with Crippen LogP contribution < -0.4 is 22.1 Å². The number of aliphatic imine (C=N–C) groups is 2. The van der Waals surface area contributed by atoms with Crippen LogP contribution in [0.25, 0.3) is 0 Å². The Kier molecular flexibility index (Phi) is 5.16. The lowest BCUT2D eigenvalue weighted by Gasteiger charge is -2.26. The largest absolute Gasteiger partial charge is 0.777 e. The summed E-state index contributed by atoms with van der Waals surface area (Å²) in [5.74, 6) is -0.481. The van der Waals surface area contributed by atoms with Crippen LogP contribution >= 0.6 is 7.60 Å². The van der Waals surface area contributed by atoms with E-state index >= 15 is 0 Å². The van der Waals surface area contributed by atoms with Crippen molar-refractivity contribution in [3.05, 3.63) is 0 Å². The summed E-state index contributed by atoms with van der Waals surface area (Å²) in [6, 6.07) is -0.782. The number of guanidine groups is 1. The van der Waals surface area contributed by atoms with Crippen molar-refractivity contribution in [2.75, 3.05) is 13.1 Å². The van der Waals surface area contributed by atoms with E-state index in [0.29, 0.717) is 0 Å². The van der Waals surface area contributed by atoms with Gasteiger partial charge >= 0.3 is 0 Å². The molecular weight excluding hydrogens is 295 g/mol. The van der Waals surface area contributed by atoms with Crippen molar-refractivity contribution in [1.29, 1.82) is 0 Å². The van der Waals surface area contributed by atoms with E-state index in [-0.39, 0.29) is 12.1 Å². The molecule has 20 heavy (non-hydrogen) atoms. The third-order valence-electron chi connectivity index (χ3n) is 2.22. The molecule has 114 valence electrons. The van der Waals surface area contributed by atoms with Crippen LogP contribution in [0, 0.1) is 0 Å². The van der Waals surface area contributed by atoms with Gasteiger partial charge in [-0.05, 0) is 0 Å². The van der Waals surface area contributed by atoms with Gasteiger partial charge in [-0.3, -0.25) is 15.1 Å². The fourth-order valence-corrected chi connectivity index (χ4v) is 1.79. The molecule has 0 radical (unpaired) electrons. The summed E-state index contributed by atoms with van der Waals surface area (Å²) < 4.78 is 15.0. The number of carbonyl (C=O) groups excluding carboxylic acids is 1. The number of hydroxylamine groups is 2. The van der Waals surface area contributed by atoms with Gasteiger partial charge in [-0.25, -0.2) is 14.9 Å². The first-order valence-corrected chi connectivity index (χ1v) is 6.82. The number of hydrogen-bond acceptors (Lipinski definition) is 9. The van der Waals surface area contributed by atoms with Crippen molar-refractivity contribution in [3.63, 3.8) is 0 Å². The Labute approximate surface area is 113 Å². The van der Waals surface area contributed by atoms with E-state index < -0.39 is 38.9 Å². The fraction of sp³-hybridized carbons (Fsp3) is 0.571.